The molecule has 1 rings (SSSR count). The van der Waals surface area contributed by atoms with Crippen LogP contribution >= 0.6 is 11.8 Å². The second-order valence-electron chi connectivity index (χ2n) is 4.46. The van der Waals surface area contributed by atoms with Gasteiger partial charge in [-0.2, -0.15) is 24.5 Å². The first-order valence-electron chi connectivity index (χ1n) is 6.61. The van der Waals surface area contributed by atoms with Gasteiger partial charge in [0.2, 0.25) is 0 Å². The number of hydrogen-bond acceptors (Lipinski definition) is 4. The van der Waals surface area contributed by atoms with E-state index in [0.717, 1.165) is 25.9 Å². The van der Waals surface area contributed by atoms with Crippen molar-refractivity contribution in [3.05, 3.63) is 0 Å². The molecule has 0 saturated carbocycles. The van der Waals surface area contributed by atoms with Gasteiger partial charge >= 0.3 is 0 Å². The first kappa shape index (κ1) is 16.2. The molecule has 0 aromatic rings. The molecule has 0 radical (unpaired) electrons. The second kappa shape index (κ2) is 9.14. The minimum Gasteiger partial charge on any atom is -0.314 e. The first-order valence-corrected chi connectivity index (χ1v) is 9.44. The molecule has 5 nitrogen and oxygen atoms in total. The molecule has 2 N–H and O–H groups in total. The zero-order valence-electron chi connectivity index (χ0n) is 11.2. The average molecular weight is 295 g/mol. The van der Waals surface area contributed by atoms with E-state index >= 15 is 0 Å². The summed E-state index contributed by atoms with van der Waals surface area (Å²) < 4.78 is 28.0. The Hall–Kier alpha value is 0.180. The van der Waals surface area contributed by atoms with Gasteiger partial charge in [-0.1, -0.05) is 12.8 Å². The Kier molecular flexibility index (Phi) is 8.25. The molecule has 0 amide bonds. The lowest BCUT2D eigenvalue weighted by atomic mass is 10.2. The molecule has 0 aliphatic carbocycles. The Bertz CT molecular complexity index is 303. The van der Waals surface area contributed by atoms with E-state index in [0.29, 0.717) is 19.6 Å². The molecule has 18 heavy (non-hydrogen) atoms. The SMILES string of the molecule is CSCCCCCCNS(=O)(=O)N1CCNCC1. The summed E-state index contributed by atoms with van der Waals surface area (Å²) in [5, 5.41) is 3.15. The van der Waals surface area contributed by atoms with Crippen LogP contribution in [0.1, 0.15) is 25.7 Å². The van der Waals surface area contributed by atoms with Crippen molar-refractivity contribution in [2.45, 2.75) is 25.7 Å². The topological polar surface area (TPSA) is 61.4 Å². The molecule has 0 spiro atoms. The van der Waals surface area contributed by atoms with Crippen LogP contribution in [-0.4, -0.2) is 57.5 Å². The first-order chi connectivity index (χ1) is 8.67. The number of hydrogen-bond donors (Lipinski definition) is 2. The molecule has 0 aromatic heterocycles. The summed E-state index contributed by atoms with van der Waals surface area (Å²) in [6.07, 6.45) is 6.56. The molecule has 1 fully saturated rings. The average Bonchev–Trinajstić information content (AvgIpc) is 2.39. The van der Waals surface area contributed by atoms with Crippen LogP contribution in [0.25, 0.3) is 0 Å². The minimum atomic E-state index is -3.24. The third-order valence-corrected chi connectivity index (χ3v) is 5.29. The van der Waals surface area contributed by atoms with Gasteiger partial charge in [-0.05, 0) is 24.9 Å². The Morgan fingerprint density at radius 2 is 1.83 bits per heavy atom. The number of nitrogens with one attached hydrogen (secondary N) is 2. The van der Waals surface area contributed by atoms with Gasteiger partial charge in [0.15, 0.2) is 0 Å². The van der Waals surface area contributed by atoms with Gasteiger partial charge in [-0.15, -0.1) is 0 Å². The number of unbranched alkanes of at least 4 members (excludes halogenated alkanes) is 3. The van der Waals surface area contributed by atoms with Gasteiger partial charge in [-0.25, -0.2) is 4.72 Å². The highest BCUT2D eigenvalue weighted by Gasteiger charge is 2.22. The molecule has 0 bridgehead atoms. The highest BCUT2D eigenvalue weighted by Crippen LogP contribution is 2.05. The van der Waals surface area contributed by atoms with Gasteiger partial charge in [0.05, 0.1) is 0 Å². The fourth-order valence-electron chi connectivity index (χ4n) is 1.90. The van der Waals surface area contributed by atoms with Gasteiger partial charge in [0.25, 0.3) is 10.2 Å². The van der Waals surface area contributed by atoms with Gasteiger partial charge in [-0.3, -0.25) is 0 Å². The van der Waals surface area contributed by atoms with Crippen molar-refractivity contribution in [2.24, 2.45) is 0 Å². The van der Waals surface area contributed by atoms with E-state index in [1.54, 1.807) is 0 Å². The molecule has 7 heteroatoms. The normalized spacial score (nSPS) is 18.1. The molecule has 1 aliphatic heterocycles. The monoisotopic (exact) mass is 295 g/mol. The zero-order valence-corrected chi connectivity index (χ0v) is 12.8. The summed E-state index contributed by atoms with van der Waals surface area (Å²) in [5.41, 5.74) is 0. The molecule has 108 valence electrons. The summed E-state index contributed by atoms with van der Waals surface area (Å²) in [6, 6.07) is 0. The fraction of sp³-hybridized carbons (Fsp3) is 1.00. The van der Waals surface area contributed by atoms with E-state index < -0.39 is 10.2 Å². The van der Waals surface area contributed by atoms with Crippen molar-refractivity contribution in [3.63, 3.8) is 0 Å². The summed E-state index contributed by atoms with van der Waals surface area (Å²) in [5.74, 6) is 1.20. The lowest BCUT2D eigenvalue weighted by Gasteiger charge is -2.26. The van der Waals surface area contributed by atoms with E-state index in [4.69, 9.17) is 0 Å². The summed E-state index contributed by atoms with van der Waals surface area (Å²) in [7, 11) is -3.24. The summed E-state index contributed by atoms with van der Waals surface area (Å²) in [6.45, 7) is 3.20. The molecule has 0 aromatic carbocycles. The maximum atomic E-state index is 11.9. The van der Waals surface area contributed by atoms with E-state index in [9.17, 15) is 8.42 Å². The molecule has 1 heterocycles. The maximum Gasteiger partial charge on any atom is 0.279 e. The third-order valence-electron chi connectivity index (χ3n) is 2.98. The third kappa shape index (κ3) is 6.38. The van der Waals surface area contributed by atoms with E-state index in [2.05, 4.69) is 16.3 Å². The van der Waals surface area contributed by atoms with Crippen LogP contribution in [0.2, 0.25) is 0 Å². The van der Waals surface area contributed by atoms with Crippen LogP contribution in [0.15, 0.2) is 0 Å². The van der Waals surface area contributed by atoms with Crippen molar-refractivity contribution in [1.29, 1.82) is 0 Å². The summed E-state index contributed by atoms with van der Waals surface area (Å²) in [4.78, 5) is 0. The van der Waals surface area contributed by atoms with Gasteiger partial charge in [0, 0.05) is 32.7 Å². The van der Waals surface area contributed by atoms with Crippen molar-refractivity contribution >= 4 is 22.0 Å². The molecule has 1 saturated heterocycles. The zero-order chi connectivity index (χ0) is 13.3. The predicted molar refractivity (Wildman–Crippen MR) is 78.2 cm³/mol. The smallest absolute Gasteiger partial charge is 0.279 e. The van der Waals surface area contributed by atoms with E-state index in [1.165, 1.54) is 22.9 Å². The number of nitrogens with zero attached hydrogens (tertiary/aromatic N) is 1. The summed E-state index contributed by atoms with van der Waals surface area (Å²) >= 11 is 1.86. The molecular formula is C11H25N3O2S2. The van der Waals surface area contributed by atoms with Crippen LogP contribution in [0.3, 0.4) is 0 Å². The molecule has 0 unspecified atom stereocenters. The Morgan fingerprint density at radius 1 is 1.17 bits per heavy atom. The van der Waals surface area contributed by atoms with Crippen LogP contribution in [-0.2, 0) is 10.2 Å². The van der Waals surface area contributed by atoms with Gasteiger partial charge < -0.3 is 5.32 Å². The van der Waals surface area contributed by atoms with Crippen LogP contribution in [0, 0.1) is 0 Å². The lowest BCUT2D eigenvalue weighted by Crippen LogP contribution is -2.50. The lowest BCUT2D eigenvalue weighted by molar-refractivity contribution is 0.354. The van der Waals surface area contributed by atoms with E-state index in [-0.39, 0.29) is 0 Å². The van der Waals surface area contributed by atoms with Crippen LogP contribution < -0.4 is 10.0 Å². The van der Waals surface area contributed by atoms with Crippen molar-refractivity contribution in [1.82, 2.24) is 14.3 Å². The molecule has 0 atom stereocenters. The number of piperazine rings is 1. The highest BCUT2D eigenvalue weighted by atomic mass is 32.2. The fourth-order valence-corrected chi connectivity index (χ4v) is 3.64. The standard InChI is InChI=1S/C11H25N3O2S2/c1-17-11-5-3-2-4-6-13-18(15,16)14-9-7-12-8-10-14/h12-13H,2-11H2,1H3. The second-order valence-corrected chi connectivity index (χ2v) is 7.20. The highest BCUT2D eigenvalue weighted by molar-refractivity contribution is 7.98. The van der Waals surface area contributed by atoms with Crippen molar-refractivity contribution < 1.29 is 8.42 Å². The Morgan fingerprint density at radius 3 is 2.50 bits per heavy atom. The van der Waals surface area contributed by atoms with E-state index in [1.807, 2.05) is 11.8 Å². The Labute approximate surface area is 115 Å². The van der Waals surface area contributed by atoms with Crippen LogP contribution in [0.4, 0.5) is 0 Å². The van der Waals surface area contributed by atoms with Gasteiger partial charge in [0.1, 0.15) is 0 Å². The van der Waals surface area contributed by atoms with Crippen molar-refractivity contribution in [2.75, 3.05) is 44.7 Å². The van der Waals surface area contributed by atoms with Crippen molar-refractivity contribution in [3.8, 4) is 0 Å². The minimum absolute atomic E-state index is 0.561. The quantitative estimate of drug-likeness (QED) is 0.613. The maximum absolute atomic E-state index is 11.9. The Balaban J connectivity index is 2.09. The number of thioether (sulfide) groups is 1. The van der Waals surface area contributed by atoms with Crippen LogP contribution in [0.5, 0.6) is 0 Å². The number of rotatable bonds is 9. The molecule has 1 aliphatic rings. The predicted octanol–water partition coefficient (Wildman–Crippen LogP) is 0.649. The largest absolute Gasteiger partial charge is 0.314 e. The molecular weight excluding hydrogens is 270 g/mol.